The predicted molar refractivity (Wildman–Crippen MR) is 104 cm³/mol. The van der Waals surface area contributed by atoms with E-state index in [-0.39, 0.29) is 47.6 Å². The number of halogens is 1. The summed E-state index contributed by atoms with van der Waals surface area (Å²) in [7, 11) is 0. The molecular formula is C19H36ClN3O2. The van der Waals surface area contributed by atoms with Crippen LogP contribution in [0.5, 0.6) is 0 Å². The molecule has 0 aromatic heterocycles. The topological polar surface area (TPSA) is 75.4 Å². The lowest BCUT2D eigenvalue weighted by molar-refractivity contribution is -0.142. The number of nitrogens with zero attached hydrogens (tertiary/aromatic N) is 1. The molecule has 2 aliphatic rings. The standard InChI is InChI=1S/C19H35N3O2.ClH/c1-13(2)14(3)21-17(23)15-8-11-22(12-9-15)18(24)16-7-5-6-10-19(16,4)20;/h13-16H,5-12,20H2,1-4H3,(H,21,23);1H. The molecule has 2 fully saturated rings. The van der Waals surface area contributed by atoms with Crippen LogP contribution in [0.3, 0.4) is 0 Å². The average Bonchev–Trinajstić information content (AvgIpc) is 2.53. The van der Waals surface area contributed by atoms with Gasteiger partial charge in [-0.2, -0.15) is 0 Å². The number of carbonyl (C=O) groups is 2. The Kier molecular flexibility index (Phi) is 8.20. The SMILES string of the molecule is CC(C)C(C)NC(=O)C1CCN(C(=O)C2CCCCC2(C)N)CC1.Cl. The molecule has 6 heteroatoms. The quantitative estimate of drug-likeness (QED) is 0.795. The number of amides is 2. The Morgan fingerprint density at radius 3 is 2.24 bits per heavy atom. The van der Waals surface area contributed by atoms with E-state index in [2.05, 4.69) is 19.2 Å². The second-order valence-electron chi connectivity index (χ2n) is 8.45. The van der Waals surface area contributed by atoms with Gasteiger partial charge in [0.15, 0.2) is 0 Å². The number of hydrogen-bond donors (Lipinski definition) is 2. The first-order chi connectivity index (χ1) is 11.2. The van der Waals surface area contributed by atoms with Crippen molar-refractivity contribution in [1.29, 1.82) is 0 Å². The maximum absolute atomic E-state index is 12.9. The molecule has 0 radical (unpaired) electrons. The molecule has 3 N–H and O–H groups in total. The van der Waals surface area contributed by atoms with E-state index < -0.39 is 0 Å². The van der Waals surface area contributed by atoms with Crippen molar-refractivity contribution in [2.45, 2.75) is 77.8 Å². The van der Waals surface area contributed by atoms with Crippen molar-refractivity contribution in [2.75, 3.05) is 13.1 Å². The molecule has 146 valence electrons. The molecule has 5 nitrogen and oxygen atoms in total. The highest BCUT2D eigenvalue weighted by Gasteiger charge is 2.40. The van der Waals surface area contributed by atoms with Crippen LogP contribution in [-0.2, 0) is 9.59 Å². The number of hydrogen-bond acceptors (Lipinski definition) is 3. The third-order valence-electron chi connectivity index (χ3n) is 6.10. The second kappa shape index (κ2) is 9.22. The zero-order valence-corrected chi connectivity index (χ0v) is 17.0. The van der Waals surface area contributed by atoms with Gasteiger partial charge >= 0.3 is 0 Å². The van der Waals surface area contributed by atoms with Gasteiger partial charge in [-0.25, -0.2) is 0 Å². The fraction of sp³-hybridized carbons (Fsp3) is 0.895. The molecule has 2 rings (SSSR count). The van der Waals surface area contributed by atoms with E-state index in [1.807, 2.05) is 18.7 Å². The number of nitrogens with one attached hydrogen (secondary N) is 1. The molecule has 1 heterocycles. The second-order valence-corrected chi connectivity index (χ2v) is 8.45. The van der Waals surface area contributed by atoms with Gasteiger partial charge in [0.2, 0.25) is 11.8 Å². The van der Waals surface area contributed by atoms with Gasteiger partial charge in [0.25, 0.3) is 0 Å². The van der Waals surface area contributed by atoms with Crippen molar-refractivity contribution < 1.29 is 9.59 Å². The molecule has 1 saturated heterocycles. The summed E-state index contributed by atoms with van der Waals surface area (Å²) in [6.07, 6.45) is 5.56. The van der Waals surface area contributed by atoms with E-state index in [9.17, 15) is 9.59 Å². The highest BCUT2D eigenvalue weighted by atomic mass is 35.5. The van der Waals surface area contributed by atoms with Crippen LogP contribution < -0.4 is 11.1 Å². The zero-order valence-electron chi connectivity index (χ0n) is 16.2. The van der Waals surface area contributed by atoms with Crippen LogP contribution in [0.25, 0.3) is 0 Å². The summed E-state index contributed by atoms with van der Waals surface area (Å²) >= 11 is 0. The number of likely N-dealkylation sites (tertiary alicyclic amines) is 1. The van der Waals surface area contributed by atoms with Crippen LogP contribution in [0.1, 0.15) is 66.2 Å². The molecule has 3 unspecified atom stereocenters. The minimum absolute atomic E-state index is 0. The Hall–Kier alpha value is -0.810. The van der Waals surface area contributed by atoms with Gasteiger partial charge < -0.3 is 16.0 Å². The van der Waals surface area contributed by atoms with Crippen molar-refractivity contribution in [3.05, 3.63) is 0 Å². The summed E-state index contributed by atoms with van der Waals surface area (Å²) in [5.41, 5.74) is 6.00. The van der Waals surface area contributed by atoms with Gasteiger partial charge in [-0.3, -0.25) is 9.59 Å². The van der Waals surface area contributed by atoms with Crippen molar-refractivity contribution >= 4 is 24.2 Å². The predicted octanol–water partition coefficient (Wildman–Crippen LogP) is 2.72. The Morgan fingerprint density at radius 1 is 1.12 bits per heavy atom. The smallest absolute Gasteiger partial charge is 0.227 e. The molecular weight excluding hydrogens is 338 g/mol. The van der Waals surface area contributed by atoms with Gasteiger partial charge in [0.05, 0.1) is 5.92 Å². The minimum atomic E-state index is -0.379. The third-order valence-corrected chi connectivity index (χ3v) is 6.10. The molecule has 0 aromatic rings. The first-order valence-corrected chi connectivity index (χ1v) is 9.60. The number of rotatable bonds is 4. The van der Waals surface area contributed by atoms with E-state index in [0.717, 1.165) is 38.5 Å². The molecule has 3 atom stereocenters. The van der Waals surface area contributed by atoms with Crippen LogP contribution in [0.4, 0.5) is 0 Å². The maximum Gasteiger partial charge on any atom is 0.227 e. The molecule has 0 bridgehead atoms. The lowest BCUT2D eigenvalue weighted by Gasteiger charge is -2.41. The zero-order chi connectivity index (χ0) is 17.9. The van der Waals surface area contributed by atoms with Crippen molar-refractivity contribution in [3.8, 4) is 0 Å². The van der Waals surface area contributed by atoms with Crippen LogP contribution in [0.2, 0.25) is 0 Å². The summed E-state index contributed by atoms with van der Waals surface area (Å²) in [4.78, 5) is 27.2. The van der Waals surface area contributed by atoms with Crippen molar-refractivity contribution in [1.82, 2.24) is 10.2 Å². The molecule has 1 aliphatic heterocycles. The van der Waals surface area contributed by atoms with E-state index >= 15 is 0 Å². The molecule has 25 heavy (non-hydrogen) atoms. The number of nitrogens with two attached hydrogens (primary N) is 1. The minimum Gasteiger partial charge on any atom is -0.353 e. The van der Waals surface area contributed by atoms with E-state index in [0.29, 0.717) is 19.0 Å². The lowest BCUT2D eigenvalue weighted by Crippen LogP contribution is -2.55. The highest BCUT2D eigenvalue weighted by molar-refractivity contribution is 5.85. The molecule has 0 spiro atoms. The summed E-state index contributed by atoms with van der Waals surface area (Å²) in [5.74, 6) is 0.756. The first kappa shape index (κ1) is 22.2. The Morgan fingerprint density at radius 2 is 1.72 bits per heavy atom. The van der Waals surface area contributed by atoms with E-state index in [1.54, 1.807) is 0 Å². The average molecular weight is 374 g/mol. The summed E-state index contributed by atoms with van der Waals surface area (Å²) in [6, 6.07) is 0.192. The summed E-state index contributed by atoms with van der Waals surface area (Å²) in [6.45, 7) is 9.65. The Bertz CT molecular complexity index is 460. The number of piperidine rings is 1. The fourth-order valence-corrected chi connectivity index (χ4v) is 3.86. The lowest BCUT2D eigenvalue weighted by atomic mass is 9.73. The van der Waals surface area contributed by atoms with Gasteiger partial charge in [-0.05, 0) is 45.4 Å². The van der Waals surface area contributed by atoms with Crippen molar-refractivity contribution in [3.63, 3.8) is 0 Å². The molecule has 1 aliphatic carbocycles. The number of carbonyl (C=O) groups excluding carboxylic acids is 2. The van der Waals surface area contributed by atoms with Crippen molar-refractivity contribution in [2.24, 2.45) is 23.5 Å². The molecule has 2 amide bonds. The summed E-state index contributed by atoms with van der Waals surface area (Å²) < 4.78 is 0. The van der Waals surface area contributed by atoms with Crippen LogP contribution in [0, 0.1) is 17.8 Å². The Balaban J connectivity index is 0.00000312. The highest BCUT2D eigenvalue weighted by Crippen LogP contribution is 2.33. The van der Waals surface area contributed by atoms with Gasteiger partial charge in [-0.1, -0.05) is 26.7 Å². The van der Waals surface area contributed by atoms with Gasteiger partial charge in [0, 0.05) is 30.6 Å². The van der Waals surface area contributed by atoms with Gasteiger partial charge in [-0.15, -0.1) is 12.4 Å². The van der Waals surface area contributed by atoms with Crippen LogP contribution >= 0.6 is 12.4 Å². The van der Waals surface area contributed by atoms with Gasteiger partial charge in [0.1, 0.15) is 0 Å². The monoisotopic (exact) mass is 373 g/mol. The normalized spacial score (nSPS) is 29.0. The van der Waals surface area contributed by atoms with E-state index in [1.165, 1.54) is 0 Å². The molecule has 1 saturated carbocycles. The van der Waals surface area contributed by atoms with Crippen LogP contribution in [-0.4, -0.2) is 41.4 Å². The Labute approximate surface area is 158 Å². The first-order valence-electron chi connectivity index (χ1n) is 9.60. The molecule has 0 aromatic carbocycles. The third kappa shape index (κ3) is 5.58. The van der Waals surface area contributed by atoms with E-state index in [4.69, 9.17) is 5.73 Å². The fourth-order valence-electron chi connectivity index (χ4n) is 3.86. The summed E-state index contributed by atoms with van der Waals surface area (Å²) in [5, 5.41) is 3.11. The maximum atomic E-state index is 12.9. The van der Waals surface area contributed by atoms with Crippen LogP contribution in [0.15, 0.2) is 0 Å². The largest absolute Gasteiger partial charge is 0.353 e.